The molecule has 3 aromatic rings. The van der Waals surface area contributed by atoms with Crippen LogP contribution in [-0.2, 0) is 32.4 Å². The van der Waals surface area contributed by atoms with Crippen molar-refractivity contribution in [1.82, 2.24) is 15.5 Å². The zero-order valence-corrected chi connectivity index (χ0v) is 22.1. The Kier molecular flexibility index (Phi) is 12.7. The maximum Gasteiger partial charge on any atom is 0.118 e. The number of rotatable bonds is 7. The first-order valence-corrected chi connectivity index (χ1v) is 11.2. The molecular formula is C24H29IrN5OS-2. The third-order valence-corrected chi connectivity index (χ3v) is 5.26. The first kappa shape index (κ1) is 27.7. The smallest absolute Gasteiger partial charge is 0.118 e. The molecule has 1 radical (unpaired) electrons. The molecule has 0 amide bonds. The van der Waals surface area contributed by atoms with Crippen LogP contribution in [0, 0.1) is 31.4 Å². The number of hydrogen-bond acceptors (Lipinski definition) is 4. The van der Waals surface area contributed by atoms with Crippen molar-refractivity contribution in [3.63, 3.8) is 0 Å². The number of nitrogens with zero attached hydrogens (tertiary/aromatic N) is 3. The maximum absolute atomic E-state index is 9.09. The van der Waals surface area contributed by atoms with Gasteiger partial charge in [0.15, 0.2) is 0 Å². The van der Waals surface area contributed by atoms with Crippen molar-refractivity contribution in [1.29, 1.82) is 5.26 Å². The molecule has 6 nitrogen and oxygen atoms in total. The Bertz CT molecular complexity index is 1030. The number of nitrogens with one attached hydrogen (secondary N) is 2. The van der Waals surface area contributed by atoms with Gasteiger partial charge in [-0.25, -0.2) is 0 Å². The third kappa shape index (κ3) is 9.88. The molecule has 0 aliphatic carbocycles. The Labute approximate surface area is 208 Å². The van der Waals surface area contributed by atoms with Gasteiger partial charge in [0.1, 0.15) is 17.7 Å². The standard InChI is InChI=1S/C12H18N5OS.C12H11.Ir/c1-17(2)7-10-3-4-11(18-10)8-19-6-5-15-12(14)16-9-13;1-9-7-10(2)12-6-4-3-5-11(12)8-9;/h3-4H,5-8H2,1-2H3,(H2-,14,15,16);3-4,6-8H,1-2H3;/q2*-1;. The van der Waals surface area contributed by atoms with Crippen LogP contribution in [0.4, 0.5) is 0 Å². The van der Waals surface area contributed by atoms with Crippen LogP contribution in [0.15, 0.2) is 46.9 Å². The van der Waals surface area contributed by atoms with Crippen molar-refractivity contribution >= 4 is 28.5 Å². The van der Waals surface area contributed by atoms with E-state index < -0.39 is 0 Å². The van der Waals surface area contributed by atoms with Gasteiger partial charge in [-0.05, 0) is 52.4 Å². The van der Waals surface area contributed by atoms with Crippen LogP contribution < -0.4 is 10.6 Å². The van der Waals surface area contributed by atoms with Crippen LogP contribution in [0.25, 0.3) is 16.2 Å². The molecule has 0 saturated heterocycles. The summed E-state index contributed by atoms with van der Waals surface area (Å²) in [5.74, 6) is 3.30. The molecule has 2 N–H and O–H groups in total. The molecule has 8 heteroatoms. The van der Waals surface area contributed by atoms with Crippen LogP contribution >= 0.6 is 11.8 Å². The summed E-state index contributed by atoms with van der Waals surface area (Å²) in [4.78, 5) is 2.06. The summed E-state index contributed by atoms with van der Waals surface area (Å²) in [6, 6.07) is 17.7. The number of hydrogen-bond donors (Lipinski definition) is 2. The molecule has 32 heavy (non-hydrogen) atoms. The minimum atomic E-state index is -0.214. The third-order valence-electron chi connectivity index (χ3n) is 4.28. The molecule has 0 atom stereocenters. The first-order valence-electron chi connectivity index (χ1n) is 10.0. The topological polar surface area (TPSA) is 86.5 Å². The second kappa shape index (κ2) is 14.7. The van der Waals surface area contributed by atoms with E-state index in [1.54, 1.807) is 18.0 Å². The fourth-order valence-corrected chi connectivity index (χ4v) is 3.76. The van der Waals surface area contributed by atoms with Crippen LogP contribution in [-0.4, -0.2) is 37.3 Å². The predicted molar refractivity (Wildman–Crippen MR) is 130 cm³/mol. The van der Waals surface area contributed by atoms with E-state index in [-0.39, 0.29) is 26.1 Å². The van der Waals surface area contributed by atoms with E-state index in [1.165, 1.54) is 21.9 Å². The van der Waals surface area contributed by atoms with Crippen molar-refractivity contribution in [2.45, 2.75) is 26.1 Å². The number of thioether (sulfide) groups is 1. The molecule has 0 spiro atoms. The summed E-state index contributed by atoms with van der Waals surface area (Å²) in [5.41, 5.74) is 2.64. The van der Waals surface area contributed by atoms with Gasteiger partial charge in [0.25, 0.3) is 0 Å². The van der Waals surface area contributed by atoms with Gasteiger partial charge in [-0.15, -0.1) is 41.1 Å². The fraction of sp³-hybridized carbons (Fsp3) is 0.333. The van der Waals surface area contributed by atoms with Gasteiger partial charge in [0.2, 0.25) is 0 Å². The second-order valence-corrected chi connectivity index (χ2v) is 8.49. The summed E-state index contributed by atoms with van der Waals surface area (Å²) >= 11 is 1.69. The molecular weight excluding hydrogens is 599 g/mol. The average Bonchev–Trinajstić information content (AvgIpc) is 3.15. The summed E-state index contributed by atoms with van der Waals surface area (Å²) in [5, 5.41) is 24.7. The van der Waals surface area contributed by atoms with Crippen molar-refractivity contribution in [2.75, 3.05) is 26.4 Å². The summed E-state index contributed by atoms with van der Waals surface area (Å²) in [6.07, 6.45) is 1.63. The van der Waals surface area contributed by atoms with Crippen molar-refractivity contribution < 1.29 is 24.5 Å². The molecule has 0 saturated carbocycles. The van der Waals surface area contributed by atoms with Gasteiger partial charge in [0, 0.05) is 26.1 Å². The largest absolute Gasteiger partial charge is 0.464 e. The van der Waals surface area contributed by atoms with E-state index in [0.717, 1.165) is 29.6 Å². The van der Waals surface area contributed by atoms with Crippen LogP contribution in [0.2, 0.25) is 0 Å². The Morgan fingerprint density at radius 2 is 1.97 bits per heavy atom. The number of benzene rings is 2. The van der Waals surface area contributed by atoms with Crippen LogP contribution in [0.3, 0.4) is 0 Å². The second-order valence-electron chi connectivity index (χ2n) is 7.38. The Morgan fingerprint density at radius 1 is 1.22 bits per heavy atom. The Morgan fingerprint density at radius 3 is 2.69 bits per heavy atom. The van der Waals surface area contributed by atoms with E-state index in [0.29, 0.717) is 6.54 Å². The van der Waals surface area contributed by atoms with Crippen molar-refractivity contribution in [3.8, 4) is 6.19 Å². The Balaban J connectivity index is 0.000000338. The molecule has 3 rings (SSSR count). The number of nitriles is 1. The molecule has 0 aliphatic rings. The zero-order chi connectivity index (χ0) is 22.6. The average molecular weight is 628 g/mol. The first-order chi connectivity index (χ1) is 14.9. The summed E-state index contributed by atoms with van der Waals surface area (Å²) in [7, 11) is 4.00. The number of furan rings is 1. The van der Waals surface area contributed by atoms with Gasteiger partial charge in [0.05, 0.1) is 12.3 Å². The van der Waals surface area contributed by atoms with E-state index in [2.05, 4.69) is 53.6 Å². The summed E-state index contributed by atoms with van der Waals surface area (Å²) in [6.45, 7) is 5.64. The molecule has 0 bridgehead atoms. The van der Waals surface area contributed by atoms with Crippen molar-refractivity contribution in [2.24, 2.45) is 0 Å². The molecule has 2 aromatic carbocycles. The normalized spacial score (nSPS) is 10.0. The van der Waals surface area contributed by atoms with Gasteiger partial charge in [-0.1, -0.05) is 17.2 Å². The maximum atomic E-state index is 9.09. The van der Waals surface area contributed by atoms with E-state index in [1.807, 2.05) is 38.4 Å². The number of fused-ring (bicyclic) bond motifs is 1. The van der Waals surface area contributed by atoms with E-state index in [4.69, 9.17) is 15.1 Å². The zero-order valence-electron chi connectivity index (χ0n) is 18.9. The molecule has 0 fully saturated rings. The minimum Gasteiger partial charge on any atom is -0.464 e. The van der Waals surface area contributed by atoms with E-state index in [9.17, 15) is 0 Å². The van der Waals surface area contributed by atoms with Crippen LogP contribution in [0.1, 0.15) is 22.6 Å². The summed E-state index contributed by atoms with van der Waals surface area (Å²) < 4.78 is 5.67. The molecule has 173 valence electrons. The predicted octanol–water partition coefficient (Wildman–Crippen LogP) is 4.41. The SMILES string of the molecule is CN(C)Cc1ccc(CSCCNC(=[N-])NC#N)o1.Cc1cc(C)c2ccc[c-]c2c1.[Ir]. The van der Waals surface area contributed by atoms with Gasteiger partial charge >= 0.3 is 0 Å². The van der Waals surface area contributed by atoms with Crippen LogP contribution in [0.5, 0.6) is 0 Å². The monoisotopic (exact) mass is 628 g/mol. The van der Waals surface area contributed by atoms with E-state index >= 15 is 0 Å². The molecule has 0 unspecified atom stereocenters. The molecule has 1 aromatic heterocycles. The quantitative estimate of drug-likeness (QED) is 0.101. The molecule has 1 heterocycles. The van der Waals surface area contributed by atoms with Gasteiger partial charge in [-0.3, -0.25) is 0 Å². The fourth-order valence-electron chi connectivity index (χ4n) is 3.01. The Hall–Kier alpha value is -2.30. The molecule has 0 aliphatic heterocycles. The minimum absolute atomic E-state index is 0. The van der Waals surface area contributed by atoms with Crippen molar-refractivity contribution in [3.05, 3.63) is 76.6 Å². The van der Waals surface area contributed by atoms with Gasteiger partial charge < -0.3 is 25.4 Å². The number of aryl methyl sites for hydroxylation is 2. The number of guanidine groups is 1. The van der Waals surface area contributed by atoms with Gasteiger partial charge in [-0.2, -0.15) is 17.0 Å².